The van der Waals surface area contributed by atoms with Crippen molar-refractivity contribution in [2.75, 3.05) is 13.3 Å². The number of carbonyl (C=O) groups is 2. The highest BCUT2D eigenvalue weighted by Crippen LogP contribution is 2.32. The zero-order chi connectivity index (χ0) is 18.6. The van der Waals surface area contributed by atoms with Gasteiger partial charge in [0.1, 0.15) is 5.60 Å². The highest BCUT2D eigenvalue weighted by Gasteiger charge is 2.25. The van der Waals surface area contributed by atoms with Crippen LogP contribution in [0.1, 0.15) is 18.1 Å². The molecule has 1 heterocycles. The lowest BCUT2D eigenvalue weighted by Crippen LogP contribution is -2.45. The van der Waals surface area contributed by atoms with Crippen LogP contribution >= 0.6 is 0 Å². The molecule has 3 N–H and O–H groups in total. The summed E-state index contributed by atoms with van der Waals surface area (Å²) >= 11 is 0. The SMILES string of the molecule is CC(O)(CNC(=O)C(=O)NCc1ccc2c(c1)OCO2)c1ccccc1. The summed E-state index contributed by atoms with van der Waals surface area (Å²) < 4.78 is 10.5. The van der Waals surface area contributed by atoms with E-state index < -0.39 is 17.4 Å². The molecule has 7 heteroatoms. The lowest BCUT2D eigenvalue weighted by molar-refractivity contribution is -0.139. The Hall–Kier alpha value is -3.06. The van der Waals surface area contributed by atoms with Gasteiger partial charge in [0.15, 0.2) is 11.5 Å². The van der Waals surface area contributed by atoms with E-state index in [2.05, 4.69) is 10.6 Å². The van der Waals surface area contributed by atoms with Crippen LogP contribution in [0.2, 0.25) is 0 Å². The summed E-state index contributed by atoms with van der Waals surface area (Å²) in [4.78, 5) is 23.9. The summed E-state index contributed by atoms with van der Waals surface area (Å²) in [5.41, 5.74) is 0.168. The Kier molecular flexibility index (Phi) is 5.09. The molecular formula is C19H20N2O5. The van der Waals surface area contributed by atoms with Crippen LogP contribution in [0.5, 0.6) is 11.5 Å². The quantitative estimate of drug-likeness (QED) is 0.696. The second-order valence-corrected chi connectivity index (χ2v) is 6.19. The number of benzene rings is 2. The molecule has 0 fully saturated rings. The first kappa shape index (κ1) is 17.8. The normalized spacial score (nSPS) is 14.4. The molecule has 2 amide bonds. The monoisotopic (exact) mass is 356 g/mol. The summed E-state index contributed by atoms with van der Waals surface area (Å²) in [6, 6.07) is 14.2. The van der Waals surface area contributed by atoms with Gasteiger partial charge in [0.25, 0.3) is 0 Å². The van der Waals surface area contributed by atoms with Crippen molar-refractivity contribution in [1.82, 2.24) is 10.6 Å². The van der Waals surface area contributed by atoms with Crippen molar-refractivity contribution in [3.63, 3.8) is 0 Å². The van der Waals surface area contributed by atoms with E-state index in [0.29, 0.717) is 17.1 Å². The number of fused-ring (bicyclic) bond motifs is 1. The lowest BCUT2D eigenvalue weighted by Gasteiger charge is -2.24. The fraction of sp³-hybridized carbons (Fsp3) is 0.263. The van der Waals surface area contributed by atoms with Crippen molar-refractivity contribution in [1.29, 1.82) is 0 Å². The topological polar surface area (TPSA) is 96.9 Å². The standard InChI is InChI=1S/C19H20N2O5/c1-19(24,14-5-3-2-4-6-14)11-21-18(23)17(22)20-10-13-7-8-15-16(9-13)26-12-25-15/h2-9,24H,10-12H2,1H3,(H,20,22)(H,21,23). The van der Waals surface area contributed by atoms with E-state index in [-0.39, 0.29) is 19.9 Å². The first-order valence-electron chi connectivity index (χ1n) is 8.18. The minimum atomic E-state index is -1.27. The van der Waals surface area contributed by atoms with Crippen molar-refractivity contribution < 1.29 is 24.2 Å². The smallest absolute Gasteiger partial charge is 0.309 e. The van der Waals surface area contributed by atoms with E-state index in [9.17, 15) is 14.7 Å². The minimum absolute atomic E-state index is 0.0761. The van der Waals surface area contributed by atoms with Gasteiger partial charge in [-0.1, -0.05) is 36.4 Å². The van der Waals surface area contributed by atoms with Crippen molar-refractivity contribution in [3.8, 4) is 11.5 Å². The Morgan fingerprint density at radius 2 is 1.73 bits per heavy atom. The summed E-state index contributed by atoms with van der Waals surface area (Å²) in [5.74, 6) is -0.311. The molecule has 26 heavy (non-hydrogen) atoms. The molecule has 3 rings (SSSR count). The average molecular weight is 356 g/mol. The third kappa shape index (κ3) is 4.12. The highest BCUT2D eigenvalue weighted by atomic mass is 16.7. The van der Waals surface area contributed by atoms with Crippen LogP contribution in [0.25, 0.3) is 0 Å². The molecule has 0 bridgehead atoms. The Morgan fingerprint density at radius 1 is 1.04 bits per heavy atom. The number of nitrogens with one attached hydrogen (secondary N) is 2. The van der Waals surface area contributed by atoms with Crippen LogP contribution in [0.4, 0.5) is 0 Å². The molecule has 0 saturated carbocycles. The third-order valence-electron chi connectivity index (χ3n) is 4.09. The molecular weight excluding hydrogens is 336 g/mol. The van der Waals surface area contributed by atoms with E-state index >= 15 is 0 Å². The van der Waals surface area contributed by atoms with Gasteiger partial charge in [0, 0.05) is 6.54 Å². The molecule has 0 aliphatic carbocycles. The van der Waals surface area contributed by atoms with Gasteiger partial charge in [-0.3, -0.25) is 9.59 Å². The van der Waals surface area contributed by atoms with E-state index in [1.165, 1.54) is 0 Å². The molecule has 0 radical (unpaired) electrons. The van der Waals surface area contributed by atoms with Crippen LogP contribution in [-0.2, 0) is 21.7 Å². The molecule has 2 aromatic rings. The van der Waals surface area contributed by atoms with Crippen molar-refractivity contribution >= 4 is 11.8 Å². The second kappa shape index (κ2) is 7.45. The fourth-order valence-corrected chi connectivity index (χ4v) is 2.55. The Morgan fingerprint density at radius 3 is 2.50 bits per heavy atom. The number of ether oxygens (including phenoxy) is 2. The number of carbonyl (C=O) groups excluding carboxylic acids is 2. The average Bonchev–Trinajstić information content (AvgIpc) is 3.12. The largest absolute Gasteiger partial charge is 0.454 e. The van der Waals surface area contributed by atoms with Crippen molar-refractivity contribution in [2.45, 2.75) is 19.1 Å². The minimum Gasteiger partial charge on any atom is -0.454 e. The number of hydrogen-bond donors (Lipinski definition) is 3. The molecule has 0 spiro atoms. The van der Waals surface area contributed by atoms with Crippen LogP contribution in [0, 0.1) is 0 Å². The predicted molar refractivity (Wildman–Crippen MR) is 93.4 cm³/mol. The van der Waals surface area contributed by atoms with Gasteiger partial charge in [-0.15, -0.1) is 0 Å². The number of aliphatic hydroxyl groups is 1. The lowest BCUT2D eigenvalue weighted by atomic mass is 9.96. The number of hydrogen-bond acceptors (Lipinski definition) is 5. The Balaban J connectivity index is 1.49. The van der Waals surface area contributed by atoms with Crippen LogP contribution in [0.15, 0.2) is 48.5 Å². The highest BCUT2D eigenvalue weighted by molar-refractivity contribution is 6.35. The zero-order valence-electron chi connectivity index (χ0n) is 14.3. The fourth-order valence-electron chi connectivity index (χ4n) is 2.55. The summed E-state index contributed by atoms with van der Waals surface area (Å²) in [6.45, 7) is 1.85. The molecule has 7 nitrogen and oxygen atoms in total. The Labute approximate surface area is 150 Å². The molecule has 2 aromatic carbocycles. The molecule has 0 saturated heterocycles. The second-order valence-electron chi connectivity index (χ2n) is 6.19. The van der Waals surface area contributed by atoms with Gasteiger partial charge >= 0.3 is 11.8 Å². The molecule has 1 aliphatic rings. The predicted octanol–water partition coefficient (Wildman–Crippen LogP) is 1.06. The summed E-state index contributed by atoms with van der Waals surface area (Å²) in [6.07, 6.45) is 0. The maximum absolute atomic E-state index is 12.0. The van der Waals surface area contributed by atoms with Crippen molar-refractivity contribution in [2.24, 2.45) is 0 Å². The first-order chi connectivity index (χ1) is 12.5. The van der Waals surface area contributed by atoms with Gasteiger partial charge in [0.2, 0.25) is 6.79 Å². The summed E-state index contributed by atoms with van der Waals surface area (Å²) in [5, 5.41) is 15.4. The van der Waals surface area contributed by atoms with Crippen molar-refractivity contribution in [3.05, 3.63) is 59.7 Å². The number of rotatable bonds is 5. The number of amides is 2. The van der Waals surface area contributed by atoms with Gasteiger partial charge in [-0.05, 0) is 30.2 Å². The van der Waals surface area contributed by atoms with Gasteiger partial charge in [0.05, 0.1) is 6.54 Å². The summed E-state index contributed by atoms with van der Waals surface area (Å²) in [7, 11) is 0. The van der Waals surface area contributed by atoms with E-state index in [1.54, 1.807) is 49.4 Å². The van der Waals surface area contributed by atoms with Gasteiger partial charge in [-0.25, -0.2) is 0 Å². The molecule has 1 atom stereocenters. The molecule has 0 aromatic heterocycles. The van der Waals surface area contributed by atoms with Gasteiger partial charge < -0.3 is 25.2 Å². The van der Waals surface area contributed by atoms with E-state index in [1.807, 2.05) is 6.07 Å². The Bertz CT molecular complexity index is 805. The molecule has 1 unspecified atom stereocenters. The van der Waals surface area contributed by atoms with E-state index in [0.717, 1.165) is 5.56 Å². The molecule has 1 aliphatic heterocycles. The third-order valence-corrected chi connectivity index (χ3v) is 4.09. The first-order valence-corrected chi connectivity index (χ1v) is 8.18. The van der Waals surface area contributed by atoms with Crippen LogP contribution in [-0.4, -0.2) is 30.3 Å². The zero-order valence-corrected chi connectivity index (χ0v) is 14.3. The van der Waals surface area contributed by atoms with Gasteiger partial charge in [-0.2, -0.15) is 0 Å². The maximum Gasteiger partial charge on any atom is 0.309 e. The van der Waals surface area contributed by atoms with Crippen LogP contribution in [0.3, 0.4) is 0 Å². The van der Waals surface area contributed by atoms with Crippen LogP contribution < -0.4 is 20.1 Å². The molecule has 136 valence electrons. The maximum atomic E-state index is 12.0. The van der Waals surface area contributed by atoms with E-state index in [4.69, 9.17) is 9.47 Å².